The highest BCUT2D eigenvalue weighted by molar-refractivity contribution is 5.99. The second-order valence-corrected chi connectivity index (χ2v) is 7.59. The maximum absolute atomic E-state index is 13.8. The lowest BCUT2D eigenvalue weighted by Gasteiger charge is -2.25. The first-order valence-electron chi connectivity index (χ1n) is 9.95. The number of hydrogen-bond donors (Lipinski definition) is 1. The minimum absolute atomic E-state index is 0.00372. The predicted molar refractivity (Wildman–Crippen MR) is 115 cm³/mol. The number of phenols is 1. The molecule has 1 N–H and O–H groups in total. The van der Waals surface area contributed by atoms with E-state index in [1.807, 2.05) is 12.1 Å². The van der Waals surface area contributed by atoms with Crippen LogP contribution in [0.5, 0.6) is 11.5 Å². The summed E-state index contributed by atoms with van der Waals surface area (Å²) in [4.78, 5) is 28.3. The third-order valence-corrected chi connectivity index (χ3v) is 5.63. The molecule has 5 rings (SSSR count). The first kappa shape index (κ1) is 19.8. The molecule has 0 bridgehead atoms. The van der Waals surface area contributed by atoms with Crippen LogP contribution in [0, 0.1) is 5.82 Å². The number of methoxy groups -OCH3 is 1. The van der Waals surface area contributed by atoms with Gasteiger partial charge in [0, 0.05) is 6.54 Å². The number of ether oxygens (including phenoxy) is 1. The van der Waals surface area contributed by atoms with E-state index in [9.17, 15) is 19.1 Å². The number of carbonyl (C=O) groups is 1. The number of phenolic OH excluding ortho intramolecular Hbond substituents is 1. The van der Waals surface area contributed by atoms with Crippen molar-refractivity contribution >= 4 is 16.9 Å². The number of benzene rings is 3. The van der Waals surface area contributed by atoms with Gasteiger partial charge in [-0.2, -0.15) is 0 Å². The van der Waals surface area contributed by atoms with Gasteiger partial charge in [0.15, 0.2) is 5.43 Å². The van der Waals surface area contributed by atoms with Crippen LogP contribution in [0.2, 0.25) is 0 Å². The molecule has 2 heterocycles. The zero-order valence-corrected chi connectivity index (χ0v) is 17.0. The zero-order chi connectivity index (χ0) is 22.4. The first-order valence-corrected chi connectivity index (χ1v) is 9.95. The Labute approximate surface area is 182 Å². The Balaban J connectivity index is 1.70. The molecule has 32 heavy (non-hydrogen) atoms. The van der Waals surface area contributed by atoms with Crippen molar-refractivity contribution in [2.45, 2.75) is 12.6 Å². The molecule has 7 heteroatoms. The molecule has 1 aliphatic rings. The van der Waals surface area contributed by atoms with Crippen LogP contribution >= 0.6 is 0 Å². The van der Waals surface area contributed by atoms with Crippen molar-refractivity contribution in [2.75, 3.05) is 7.11 Å². The van der Waals surface area contributed by atoms with E-state index in [-0.39, 0.29) is 34.6 Å². The summed E-state index contributed by atoms with van der Waals surface area (Å²) in [5, 5.41) is 10.1. The lowest BCUT2D eigenvalue weighted by molar-refractivity contribution is 0.0714. The maximum Gasteiger partial charge on any atom is 0.291 e. The standard InChI is InChI=1S/C25H18FNO5/c1-31-18-8-5-14(6-9-18)13-27-22(15-3-2-4-17(28)11-15)21-23(29)19-12-16(26)7-10-20(19)32-24(21)25(27)30/h2-12,22,28H,13H2,1H3/t22-/m1/s1. The number of amides is 1. The van der Waals surface area contributed by atoms with Gasteiger partial charge in [-0.15, -0.1) is 0 Å². The van der Waals surface area contributed by atoms with E-state index in [0.717, 1.165) is 11.6 Å². The van der Waals surface area contributed by atoms with Gasteiger partial charge in [0.2, 0.25) is 5.76 Å². The summed E-state index contributed by atoms with van der Waals surface area (Å²) in [6.07, 6.45) is 0. The topological polar surface area (TPSA) is 80.0 Å². The Bertz CT molecular complexity index is 1410. The average Bonchev–Trinajstić information content (AvgIpc) is 3.07. The van der Waals surface area contributed by atoms with Gasteiger partial charge in [-0.1, -0.05) is 24.3 Å². The van der Waals surface area contributed by atoms with E-state index in [1.165, 1.54) is 29.2 Å². The molecule has 0 radical (unpaired) electrons. The van der Waals surface area contributed by atoms with Crippen molar-refractivity contribution in [3.8, 4) is 11.5 Å². The van der Waals surface area contributed by atoms with Crippen LogP contribution < -0.4 is 10.2 Å². The highest BCUT2D eigenvalue weighted by Gasteiger charge is 2.42. The Morgan fingerprint density at radius 2 is 1.84 bits per heavy atom. The van der Waals surface area contributed by atoms with Crippen LogP contribution in [0.4, 0.5) is 4.39 Å². The maximum atomic E-state index is 13.8. The summed E-state index contributed by atoms with van der Waals surface area (Å²) >= 11 is 0. The summed E-state index contributed by atoms with van der Waals surface area (Å²) in [7, 11) is 1.57. The fraction of sp³-hybridized carbons (Fsp3) is 0.120. The average molecular weight is 431 g/mol. The summed E-state index contributed by atoms with van der Waals surface area (Å²) in [5.74, 6) is -0.412. The van der Waals surface area contributed by atoms with E-state index in [0.29, 0.717) is 11.3 Å². The van der Waals surface area contributed by atoms with Gasteiger partial charge in [0.05, 0.1) is 24.1 Å². The van der Waals surface area contributed by atoms with Crippen LogP contribution in [0.15, 0.2) is 75.9 Å². The minimum atomic E-state index is -0.796. The van der Waals surface area contributed by atoms with E-state index >= 15 is 0 Å². The van der Waals surface area contributed by atoms with Crippen LogP contribution in [0.1, 0.15) is 33.3 Å². The van der Waals surface area contributed by atoms with Crippen molar-refractivity contribution in [3.05, 3.63) is 105 Å². The highest BCUT2D eigenvalue weighted by Crippen LogP contribution is 2.40. The van der Waals surface area contributed by atoms with Gasteiger partial charge in [0.25, 0.3) is 5.91 Å². The molecule has 0 aliphatic carbocycles. The lowest BCUT2D eigenvalue weighted by Crippen LogP contribution is -2.29. The molecule has 6 nitrogen and oxygen atoms in total. The Hall–Kier alpha value is -4.13. The molecule has 0 saturated carbocycles. The summed E-state index contributed by atoms with van der Waals surface area (Å²) < 4.78 is 24.8. The van der Waals surface area contributed by atoms with Gasteiger partial charge in [-0.25, -0.2) is 4.39 Å². The van der Waals surface area contributed by atoms with Gasteiger partial charge < -0.3 is 19.2 Å². The summed E-state index contributed by atoms with van der Waals surface area (Å²) in [6.45, 7) is 0.192. The monoisotopic (exact) mass is 431 g/mol. The number of nitrogens with zero attached hydrogens (tertiary/aromatic N) is 1. The largest absolute Gasteiger partial charge is 0.508 e. The van der Waals surface area contributed by atoms with Crippen LogP contribution in [-0.2, 0) is 6.54 Å². The van der Waals surface area contributed by atoms with Crippen LogP contribution in [0.3, 0.4) is 0 Å². The number of fused-ring (bicyclic) bond motifs is 2. The van der Waals surface area contributed by atoms with Gasteiger partial charge >= 0.3 is 0 Å². The van der Waals surface area contributed by atoms with E-state index in [2.05, 4.69) is 0 Å². The van der Waals surface area contributed by atoms with Gasteiger partial charge in [-0.05, 0) is 53.6 Å². The molecule has 1 amide bonds. The fourth-order valence-corrected chi connectivity index (χ4v) is 4.12. The van der Waals surface area contributed by atoms with E-state index in [4.69, 9.17) is 9.15 Å². The molecule has 0 spiro atoms. The molecule has 160 valence electrons. The normalized spacial score (nSPS) is 15.2. The Morgan fingerprint density at radius 3 is 2.56 bits per heavy atom. The van der Waals surface area contributed by atoms with Crippen molar-refractivity contribution in [3.63, 3.8) is 0 Å². The molecule has 1 aliphatic heterocycles. The van der Waals surface area contributed by atoms with Crippen LogP contribution in [-0.4, -0.2) is 23.0 Å². The van der Waals surface area contributed by atoms with Crippen molar-refractivity contribution in [1.82, 2.24) is 4.90 Å². The first-order chi connectivity index (χ1) is 15.5. The number of halogens is 1. The quantitative estimate of drug-likeness (QED) is 0.518. The number of aromatic hydroxyl groups is 1. The molecule has 4 aromatic rings. The zero-order valence-electron chi connectivity index (χ0n) is 17.0. The molecular weight excluding hydrogens is 413 g/mol. The second-order valence-electron chi connectivity index (χ2n) is 7.59. The van der Waals surface area contributed by atoms with Crippen LogP contribution in [0.25, 0.3) is 11.0 Å². The highest BCUT2D eigenvalue weighted by atomic mass is 19.1. The third-order valence-electron chi connectivity index (χ3n) is 5.63. The third kappa shape index (κ3) is 3.19. The lowest BCUT2D eigenvalue weighted by atomic mass is 9.98. The molecule has 0 unspecified atom stereocenters. The van der Waals surface area contributed by atoms with Crippen molar-refractivity contribution in [2.24, 2.45) is 0 Å². The second kappa shape index (κ2) is 7.53. The number of carbonyl (C=O) groups excluding carboxylic acids is 1. The molecule has 0 saturated heterocycles. The number of rotatable bonds is 4. The SMILES string of the molecule is COc1ccc(CN2C(=O)c3oc4ccc(F)cc4c(=O)c3[C@H]2c2cccc(O)c2)cc1. The Morgan fingerprint density at radius 1 is 1.06 bits per heavy atom. The fourth-order valence-electron chi connectivity index (χ4n) is 4.12. The molecule has 1 atom stereocenters. The number of hydrogen-bond acceptors (Lipinski definition) is 5. The predicted octanol–water partition coefficient (Wildman–Crippen LogP) is 4.39. The minimum Gasteiger partial charge on any atom is -0.508 e. The Kier molecular flexibility index (Phi) is 4.66. The van der Waals surface area contributed by atoms with Crippen molar-refractivity contribution in [1.29, 1.82) is 0 Å². The smallest absolute Gasteiger partial charge is 0.291 e. The molecular formula is C25H18FNO5. The molecule has 0 fully saturated rings. The van der Waals surface area contributed by atoms with Crippen molar-refractivity contribution < 1.29 is 23.4 Å². The molecule has 3 aromatic carbocycles. The summed E-state index contributed by atoms with van der Waals surface area (Å²) in [6, 6.07) is 16.4. The van der Waals surface area contributed by atoms with Gasteiger partial charge in [-0.3, -0.25) is 9.59 Å². The van der Waals surface area contributed by atoms with E-state index in [1.54, 1.807) is 31.4 Å². The molecule has 1 aromatic heterocycles. The summed E-state index contributed by atoms with van der Waals surface area (Å²) in [5.41, 5.74) is 1.17. The van der Waals surface area contributed by atoms with E-state index < -0.39 is 23.2 Å². The van der Waals surface area contributed by atoms with Gasteiger partial charge in [0.1, 0.15) is 22.9 Å².